The minimum atomic E-state index is -5.71. The molecular weight excluding hydrogens is 488 g/mol. The molecule has 1 spiro atoms. The summed E-state index contributed by atoms with van der Waals surface area (Å²) in [6.07, 6.45) is -11.9. The lowest BCUT2D eigenvalue weighted by molar-refractivity contribution is -0.308. The van der Waals surface area contributed by atoms with Crippen molar-refractivity contribution in [2.24, 2.45) is 0 Å². The van der Waals surface area contributed by atoms with Gasteiger partial charge in [-0.05, 0) is 76.2 Å². The Hall–Kier alpha value is -2.01. The van der Waals surface area contributed by atoms with Crippen LogP contribution in [0.2, 0.25) is 0 Å². The van der Waals surface area contributed by atoms with Gasteiger partial charge in [0.05, 0.1) is 0 Å². The van der Waals surface area contributed by atoms with Crippen LogP contribution in [0, 0.1) is 6.92 Å². The van der Waals surface area contributed by atoms with Gasteiger partial charge in [-0.15, -0.1) is 0 Å². The third-order valence-corrected chi connectivity index (χ3v) is 7.82. The van der Waals surface area contributed by atoms with E-state index in [1.54, 1.807) is 0 Å². The molecule has 0 saturated carbocycles. The van der Waals surface area contributed by atoms with Crippen LogP contribution in [0.25, 0.3) is 0 Å². The highest BCUT2D eigenvalue weighted by Gasteiger charge is 2.60. The van der Waals surface area contributed by atoms with E-state index in [9.17, 15) is 31.1 Å². The van der Waals surface area contributed by atoms with Crippen molar-refractivity contribution < 1.29 is 35.9 Å². The smallest absolute Gasteiger partial charge is 0.426 e. The molecule has 1 aromatic rings. The van der Waals surface area contributed by atoms with Crippen LogP contribution in [0.1, 0.15) is 55.2 Å². The van der Waals surface area contributed by atoms with Crippen molar-refractivity contribution in [2.45, 2.75) is 82.5 Å². The van der Waals surface area contributed by atoms with E-state index in [1.165, 1.54) is 29.5 Å². The van der Waals surface area contributed by atoms with E-state index < -0.39 is 24.5 Å². The van der Waals surface area contributed by atoms with E-state index in [0.29, 0.717) is 12.8 Å². The number of halogens is 6. The van der Waals surface area contributed by atoms with Gasteiger partial charge in [-0.2, -0.15) is 26.3 Å². The molecule has 3 aliphatic rings. The number of carbonyl (C=O) groups is 1. The summed E-state index contributed by atoms with van der Waals surface area (Å²) in [7, 11) is 0. The average molecular weight is 522 g/mol. The number of likely N-dealkylation sites (tertiary alicyclic amines) is 3. The van der Waals surface area contributed by atoms with Crippen LogP contribution in [-0.4, -0.2) is 77.5 Å². The maximum atomic E-state index is 12.8. The highest BCUT2D eigenvalue weighted by atomic mass is 19.4. The normalized spacial score (nSPS) is 21.6. The van der Waals surface area contributed by atoms with Crippen molar-refractivity contribution in [1.29, 1.82) is 0 Å². The van der Waals surface area contributed by atoms with Crippen LogP contribution in [0.5, 0.6) is 0 Å². The molecule has 3 aliphatic heterocycles. The van der Waals surface area contributed by atoms with Gasteiger partial charge in [0, 0.05) is 31.7 Å². The number of amides is 1. The maximum absolute atomic E-state index is 12.8. The molecule has 0 atom stereocenters. The molecule has 3 fully saturated rings. The van der Waals surface area contributed by atoms with Crippen LogP contribution in [0.3, 0.4) is 0 Å². The first-order valence-corrected chi connectivity index (χ1v) is 12.5. The first-order chi connectivity index (χ1) is 16.9. The number of aryl methyl sites for hydroxylation is 1. The zero-order valence-electron chi connectivity index (χ0n) is 20.4. The van der Waals surface area contributed by atoms with E-state index in [-0.39, 0.29) is 18.6 Å². The predicted octanol–water partition coefficient (Wildman–Crippen LogP) is 5.65. The summed E-state index contributed by atoms with van der Waals surface area (Å²) in [5.74, 6) is 0. The SMILES string of the molecule is Cc1ccc(CN2CCCC23CCN(C(=O)OC(C(F)(F)F)C(F)(F)F)CC3)c(CN2CCCC2)c1. The fourth-order valence-electron chi connectivity index (χ4n) is 5.85. The third kappa shape index (κ3) is 6.10. The number of piperidine rings is 1. The molecule has 1 amide bonds. The van der Waals surface area contributed by atoms with E-state index in [2.05, 4.69) is 39.7 Å². The summed E-state index contributed by atoms with van der Waals surface area (Å²) in [4.78, 5) is 18.0. The predicted molar refractivity (Wildman–Crippen MR) is 121 cm³/mol. The number of nitrogens with zero attached hydrogens (tertiary/aromatic N) is 3. The fourth-order valence-corrected chi connectivity index (χ4v) is 5.85. The van der Waals surface area contributed by atoms with Gasteiger partial charge in [-0.25, -0.2) is 4.79 Å². The first-order valence-electron chi connectivity index (χ1n) is 12.5. The summed E-state index contributed by atoms with van der Waals surface area (Å²) in [6.45, 7) is 6.89. The van der Waals surface area contributed by atoms with Gasteiger partial charge in [-0.1, -0.05) is 23.8 Å². The Morgan fingerprint density at radius 1 is 0.889 bits per heavy atom. The third-order valence-electron chi connectivity index (χ3n) is 7.82. The Morgan fingerprint density at radius 3 is 2.14 bits per heavy atom. The molecule has 36 heavy (non-hydrogen) atoms. The number of carbonyl (C=O) groups excluding carboxylic acids is 1. The first kappa shape index (κ1) is 27.0. The van der Waals surface area contributed by atoms with E-state index in [4.69, 9.17) is 0 Å². The van der Waals surface area contributed by atoms with Crippen molar-refractivity contribution in [3.05, 3.63) is 34.9 Å². The van der Waals surface area contributed by atoms with Gasteiger partial charge in [0.1, 0.15) is 0 Å². The van der Waals surface area contributed by atoms with Crippen LogP contribution in [-0.2, 0) is 17.8 Å². The van der Waals surface area contributed by atoms with Crippen molar-refractivity contribution in [3.63, 3.8) is 0 Å². The lowest BCUT2D eigenvalue weighted by Crippen LogP contribution is -2.54. The topological polar surface area (TPSA) is 36.0 Å². The minimum Gasteiger partial charge on any atom is -0.426 e. The Kier molecular flexibility index (Phi) is 7.81. The fraction of sp³-hybridized carbons (Fsp3) is 0.720. The van der Waals surface area contributed by atoms with Gasteiger partial charge >= 0.3 is 18.4 Å². The van der Waals surface area contributed by atoms with Crippen LogP contribution in [0.15, 0.2) is 18.2 Å². The van der Waals surface area contributed by atoms with Crippen molar-refractivity contribution in [2.75, 3.05) is 32.7 Å². The van der Waals surface area contributed by atoms with Crippen LogP contribution in [0.4, 0.5) is 31.1 Å². The Labute approximate surface area is 207 Å². The average Bonchev–Trinajstić information content (AvgIpc) is 3.43. The highest BCUT2D eigenvalue weighted by Crippen LogP contribution is 2.41. The Morgan fingerprint density at radius 2 is 1.53 bits per heavy atom. The van der Waals surface area contributed by atoms with Gasteiger partial charge in [0.2, 0.25) is 0 Å². The summed E-state index contributed by atoms with van der Waals surface area (Å²) < 4.78 is 80.7. The minimum absolute atomic E-state index is 0.0618. The van der Waals surface area contributed by atoms with Crippen molar-refractivity contribution in [1.82, 2.24) is 14.7 Å². The van der Waals surface area contributed by atoms with Gasteiger partial charge in [0.25, 0.3) is 6.10 Å². The zero-order valence-corrected chi connectivity index (χ0v) is 20.4. The monoisotopic (exact) mass is 521 g/mol. The second-order valence-corrected chi connectivity index (χ2v) is 10.3. The number of hydrogen-bond donors (Lipinski definition) is 0. The molecule has 4 rings (SSSR count). The molecule has 202 valence electrons. The van der Waals surface area contributed by atoms with Crippen LogP contribution < -0.4 is 0 Å². The van der Waals surface area contributed by atoms with Crippen molar-refractivity contribution >= 4 is 6.09 Å². The molecule has 3 saturated heterocycles. The summed E-state index contributed by atoms with van der Waals surface area (Å²) in [5.41, 5.74) is 3.52. The zero-order chi connectivity index (χ0) is 26.1. The molecular formula is C25H33F6N3O2. The molecule has 0 N–H and O–H groups in total. The molecule has 0 aliphatic carbocycles. The standard InChI is InChI=1S/C25H33F6N3O2/c1-18-5-6-19(20(15-18)16-32-10-2-3-11-32)17-34-12-4-7-23(34)8-13-33(14-9-23)22(35)36-21(24(26,27)28)25(29,30)31/h5-6,15,21H,2-4,7-14,16-17H2,1H3. The number of alkyl halides is 6. The molecule has 0 radical (unpaired) electrons. The van der Waals surface area contributed by atoms with Gasteiger partial charge in [0.15, 0.2) is 0 Å². The largest absolute Gasteiger partial charge is 0.434 e. The number of rotatable bonds is 5. The highest BCUT2D eigenvalue weighted by molar-refractivity contribution is 5.68. The van der Waals surface area contributed by atoms with Crippen LogP contribution >= 0.6 is 0 Å². The summed E-state index contributed by atoms with van der Waals surface area (Å²) in [6, 6.07) is 6.49. The second kappa shape index (κ2) is 10.4. The number of benzene rings is 1. The van der Waals surface area contributed by atoms with Gasteiger partial charge in [-0.3, -0.25) is 9.80 Å². The lowest BCUT2D eigenvalue weighted by Gasteiger charge is -2.45. The number of hydrogen-bond acceptors (Lipinski definition) is 4. The molecule has 1 aromatic carbocycles. The molecule has 3 heterocycles. The Balaban J connectivity index is 1.40. The van der Waals surface area contributed by atoms with E-state index in [0.717, 1.165) is 50.5 Å². The molecule has 0 unspecified atom stereocenters. The van der Waals surface area contributed by atoms with Gasteiger partial charge < -0.3 is 9.64 Å². The molecule has 11 heteroatoms. The molecule has 0 aromatic heterocycles. The Bertz CT molecular complexity index is 907. The van der Waals surface area contributed by atoms with E-state index >= 15 is 0 Å². The molecule has 5 nitrogen and oxygen atoms in total. The maximum Gasteiger partial charge on any atom is 0.434 e. The summed E-state index contributed by atoms with van der Waals surface area (Å²) in [5, 5.41) is 0. The van der Waals surface area contributed by atoms with E-state index in [1.807, 2.05) is 0 Å². The number of ether oxygens (including phenoxy) is 1. The second-order valence-electron chi connectivity index (χ2n) is 10.3. The summed E-state index contributed by atoms with van der Waals surface area (Å²) >= 11 is 0. The quantitative estimate of drug-likeness (QED) is 0.469. The molecule has 0 bridgehead atoms. The lowest BCUT2D eigenvalue weighted by atomic mass is 9.84. The van der Waals surface area contributed by atoms with Crippen molar-refractivity contribution in [3.8, 4) is 0 Å².